The number of nitrogens with one attached hydrogen (secondary N) is 3. The van der Waals surface area contributed by atoms with Crippen molar-refractivity contribution in [1.82, 2.24) is 5.32 Å². The Bertz CT molecular complexity index is 1300. The van der Waals surface area contributed by atoms with Gasteiger partial charge in [-0.15, -0.1) is 0 Å². The van der Waals surface area contributed by atoms with E-state index < -0.39 is 10.8 Å². The maximum atomic E-state index is 12.6. The Morgan fingerprint density at radius 1 is 0.857 bits per heavy atom. The first kappa shape index (κ1) is 25.5. The lowest BCUT2D eigenvalue weighted by Crippen LogP contribution is -2.34. The molecule has 3 rings (SSSR count). The third-order valence-electron chi connectivity index (χ3n) is 5.29. The number of nitro groups is 1. The maximum absolute atomic E-state index is 12.6. The highest BCUT2D eigenvalue weighted by Crippen LogP contribution is 2.23. The fraction of sp³-hybridized carbons (Fsp3) is 0.192. The number of rotatable bonds is 5. The van der Waals surface area contributed by atoms with Gasteiger partial charge in [-0.3, -0.25) is 25.0 Å². The van der Waals surface area contributed by atoms with Crippen LogP contribution in [0.5, 0.6) is 0 Å². The van der Waals surface area contributed by atoms with Crippen LogP contribution in [0.15, 0.2) is 66.7 Å². The van der Waals surface area contributed by atoms with Crippen LogP contribution in [0, 0.1) is 17.0 Å². The fourth-order valence-corrected chi connectivity index (χ4v) is 3.50. The molecule has 8 nitrogen and oxygen atoms in total. The second-order valence-electron chi connectivity index (χ2n) is 9.03. The Kier molecular flexibility index (Phi) is 7.61. The van der Waals surface area contributed by atoms with Crippen molar-refractivity contribution in [3.8, 4) is 0 Å². The number of thiocarbonyl (C=S) groups is 1. The second kappa shape index (κ2) is 10.4. The van der Waals surface area contributed by atoms with Crippen molar-refractivity contribution in [2.75, 3.05) is 10.6 Å². The van der Waals surface area contributed by atoms with Crippen LogP contribution < -0.4 is 16.0 Å². The van der Waals surface area contributed by atoms with Gasteiger partial charge in [0.25, 0.3) is 17.5 Å². The highest BCUT2D eigenvalue weighted by molar-refractivity contribution is 7.80. The zero-order valence-electron chi connectivity index (χ0n) is 19.8. The van der Waals surface area contributed by atoms with Crippen LogP contribution in [0.1, 0.15) is 52.6 Å². The number of hydrogen-bond acceptors (Lipinski definition) is 5. The molecule has 0 unspecified atom stereocenters. The van der Waals surface area contributed by atoms with E-state index >= 15 is 0 Å². The van der Waals surface area contributed by atoms with Crippen molar-refractivity contribution in [3.05, 3.63) is 99.1 Å². The summed E-state index contributed by atoms with van der Waals surface area (Å²) in [5.41, 5.74) is 3.18. The average molecular weight is 491 g/mol. The Morgan fingerprint density at radius 3 is 2.06 bits per heavy atom. The summed E-state index contributed by atoms with van der Waals surface area (Å²) in [7, 11) is 0. The molecule has 0 aliphatic carbocycles. The minimum absolute atomic E-state index is 0.00296. The fourth-order valence-electron chi connectivity index (χ4n) is 3.28. The third kappa shape index (κ3) is 6.70. The molecule has 0 spiro atoms. The van der Waals surface area contributed by atoms with Gasteiger partial charge < -0.3 is 10.6 Å². The van der Waals surface area contributed by atoms with Crippen molar-refractivity contribution < 1.29 is 14.5 Å². The molecule has 0 radical (unpaired) electrons. The van der Waals surface area contributed by atoms with Gasteiger partial charge in [0.1, 0.15) is 0 Å². The topological polar surface area (TPSA) is 113 Å². The molecule has 9 heteroatoms. The van der Waals surface area contributed by atoms with Crippen molar-refractivity contribution in [3.63, 3.8) is 0 Å². The van der Waals surface area contributed by atoms with Crippen molar-refractivity contribution in [2.24, 2.45) is 0 Å². The molecule has 0 atom stereocenters. The van der Waals surface area contributed by atoms with Gasteiger partial charge >= 0.3 is 0 Å². The Balaban J connectivity index is 1.63. The van der Waals surface area contributed by atoms with Gasteiger partial charge in [0.05, 0.1) is 4.92 Å². The molecule has 3 aromatic carbocycles. The zero-order valence-corrected chi connectivity index (χ0v) is 20.7. The molecule has 2 amide bonds. The van der Waals surface area contributed by atoms with E-state index in [9.17, 15) is 19.7 Å². The molecule has 3 aromatic rings. The summed E-state index contributed by atoms with van der Waals surface area (Å²) >= 11 is 5.21. The normalized spacial score (nSPS) is 10.9. The quantitative estimate of drug-likeness (QED) is 0.244. The summed E-state index contributed by atoms with van der Waals surface area (Å²) in [6.07, 6.45) is 0. The summed E-state index contributed by atoms with van der Waals surface area (Å²) in [5.74, 6) is -0.826. The number of aryl methyl sites for hydroxylation is 1. The number of nitrogens with zero attached hydrogens (tertiary/aromatic N) is 1. The van der Waals surface area contributed by atoms with Crippen LogP contribution in [-0.4, -0.2) is 21.9 Å². The van der Waals surface area contributed by atoms with E-state index in [1.807, 2.05) is 12.1 Å². The largest absolute Gasteiger partial charge is 0.332 e. The molecule has 0 saturated heterocycles. The van der Waals surface area contributed by atoms with Gasteiger partial charge in [-0.05, 0) is 66.5 Å². The number of benzene rings is 3. The summed E-state index contributed by atoms with van der Waals surface area (Å²) in [6.45, 7) is 7.92. The number of carbonyl (C=O) groups is 2. The zero-order chi connectivity index (χ0) is 25.8. The lowest BCUT2D eigenvalue weighted by molar-refractivity contribution is -0.385. The van der Waals surface area contributed by atoms with Crippen LogP contribution in [0.25, 0.3) is 0 Å². The predicted octanol–water partition coefficient (Wildman–Crippen LogP) is 5.58. The number of hydrogen-bond donors (Lipinski definition) is 3. The summed E-state index contributed by atoms with van der Waals surface area (Å²) in [4.78, 5) is 35.7. The molecule has 0 aliphatic rings. The molecule has 3 N–H and O–H groups in total. The van der Waals surface area contributed by atoms with Gasteiger partial charge in [-0.25, -0.2) is 0 Å². The minimum Gasteiger partial charge on any atom is -0.332 e. The first-order valence-corrected chi connectivity index (χ1v) is 11.2. The molecule has 0 heterocycles. The van der Waals surface area contributed by atoms with E-state index in [1.54, 1.807) is 43.3 Å². The Labute approximate surface area is 208 Å². The van der Waals surface area contributed by atoms with Crippen molar-refractivity contribution in [2.45, 2.75) is 33.1 Å². The lowest BCUT2D eigenvalue weighted by Gasteiger charge is -2.19. The first-order chi connectivity index (χ1) is 16.4. The van der Waals surface area contributed by atoms with Gasteiger partial charge in [0.15, 0.2) is 5.11 Å². The highest BCUT2D eigenvalue weighted by Gasteiger charge is 2.17. The molecule has 180 valence electrons. The third-order valence-corrected chi connectivity index (χ3v) is 5.49. The summed E-state index contributed by atoms with van der Waals surface area (Å²) in [5, 5.41) is 19.4. The number of anilines is 2. The van der Waals surface area contributed by atoms with Gasteiger partial charge in [-0.1, -0.05) is 45.0 Å². The number of nitro benzene ring substituents is 1. The van der Waals surface area contributed by atoms with Crippen molar-refractivity contribution >= 4 is 46.2 Å². The molecule has 0 bridgehead atoms. The highest BCUT2D eigenvalue weighted by atomic mass is 32.1. The van der Waals surface area contributed by atoms with Crippen LogP contribution in [0.3, 0.4) is 0 Å². The monoisotopic (exact) mass is 490 g/mol. The molecule has 0 aromatic heterocycles. The van der Waals surface area contributed by atoms with Gasteiger partial charge in [-0.2, -0.15) is 0 Å². The van der Waals surface area contributed by atoms with E-state index in [0.717, 1.165) is 5.56 Å². The standard InChI is InChI=1S/C26H26N4O4S/c1-16-8-9-18(14-22(16)30(33)34)24(32)29-25(35)28-21-7-5-6-20(15-21)27-23(31)17-10-12-19(13-11-17)26(2,3)4/h5-15H,1-4H3,(H,27,31)(H2,28,29,32,35). The molecule has 35 heavy (non-hydrogen) atoms. The van der Waals surface area contributed by atoms with E-state index in [-0.39, 0.29) is 27.7 Å². The number of amides is 2. The summed E-state index contributed by atoms with van der Waals surface area (Å²) < 4.78 is 0. The maximum Gasteiger partial charge on any atom is 0.273 e. The first-order valence-electron chi connectivity index (χ1n) is 10.8. The molecular weight excluding hydrogens is 464 g/mol. The molecule has 0 saturated carbocycles. The van der Waals surface area contributed by atoms with Crippen LogP contribution >= 0.6 is 12.2 Å². The van der Waals surface area contributed by atoms with Crippen LogP contribution in [0.4, 0.5) is 17.1 Å². The van der Waals surface area contributed by atoms with E-state index in [4.69, 9.17) is 12.2 Å². The average Bonchev–Trinajstić information content (AvgIpc) is 2.78. The predicted molar refractivity (Wildman–Crippen MR) is 141 cm³/mol. The lowest BCUT2D eigenvalue weighted by atomic mass is 9.87. The van der Waals surface area contributed by atoms with Gasteiger partial charge in [0.2, 0.25) is 0 Å². The molecule has 0 aliphatic heterocycles. The van der Waals surface area contributed by atoms with Crippen molar-refractivity contribution in [1.29, 1.82) is 0 Å². The van der Waals surface area contributed by atoms with E-state index in [1.165, 1.54) is 18.2 Å². The Hall–Kier alpha value is -4.11. The smallest absolute Gasteiger partial charge is 0.273 e. The second-order valence-corrected chi connectivity index (χ2v) is 9.44. The van der Waals surface area contributed by atoms with Crippen LogP contribution in [-0.2, 0) is 5.41 Å². The minimum atomic E-state index is -0.575. The Morgan fingerprint density at radius 2 is 1.46 bits per heavy atom. The number of carbonyl (C=O) groups excluding carboxylic acids is 2. The molecule has 0 fully saturated rings. The van der Waals surface area contributed by atoms with Gasteiger partial charge in [0, 0.05) is 34.1 Å². The van der Waals surface area contributed by atoms with Crippen LogP contribution in [0.2, 0.25) is 0 Å². The molecular formula is C26H26N4O4S. The van der Waals surface area contributed by atoms with E-state index in [2.05, 4.69) is 36.7 Å². The van der Waals surface area contributed by atoms with E-state index in [0.29, 0.717) is 22.5 Å². The summed E-state index contributed by atoms with van der Waals surface area (Å²) in [6, 6.07) is 18.5. The SMILES string of the molecule is Cc1ccc(C(=O)NC(=S)Nc2cccc(NC(=O)c3ccc(C(C)(C)C)cc3)c2)cc1[N+](=O)[O-].